The van der Waals surface area contributed by atoms with Crippen LogP contribution in [0.1, 0.15) is 25.7 Å². The van der Waals surface area contributed by atoms with Crippen LogP contribution in [0.15, 0.2) is 0 Å². The van der Waals surface area contributed by atoms with Gasteiger partial charge < -0.3 is 15.0 Å². The third kappa shape index (κ3) is 3.79. The first-order valence-corrected chi connectivity index (χ1v) is 9.36. The number of rotatable bonds is 5. The van der Waals surface area contributed by atoms with Crippen molar-refractivity contribution in [3.63, 3.8) is 0 Å². The summed E-state index contributed by atoms with van der Waals surface area (Å²) in [6.45, 7) is 2.30. The summed E-state index contributed by atoms with van der Waals surface area (Å²) in [6, 6.07) is -2.00. The number of amides is 2. The van der Waals surface area contributed by atoms with E-state index in [0.29, 0.717) is 30.4 Å². The number of fused-ring (bicyclic) bond motifs is 2. The summed E-state index contributed by atoms with van der Waals surface area (Å²) < 4.78 is 40.1. The number of hydrogen-bond donors (Lipinski definition) is 2. The third-order valence-corrected chi connectivity index (χ3v) is 5.04. The Balaban J connectivity index is 1.58. The van der Waals surface area contributed by atoms with Gasteiger partial charge in [-0.3, -0.25) is 4.55 Å². The predicted octanol–water partition coefficient (Wildman–Crippen LogP) is -0.468. The zero-order valence-electron chi connectivity index (χ0n) is 13.1. The Kier molecular flexibility index (Phi) is 4.95. The summed E-state index contributed by atoms with van der Waals surface area (Å²) in [6.07, 6.45) is 2.65. The molecule has 3 rings (SSSR count). The average molecular weight is 363 g/mol. The van der Waals surface area contributed by atoms with E-state index in [4.69, 9.17) is 9.29 Å². The summed E-state index contributed by atoms with van der Waals surface area (Å²) in [5, 5.41) is 3.85. The summed E-state index contributed by atoms with van der Waals surface area (Å²) in [4.78, 5) is 25.8. The van der Waals surface area contributed by atoms with Crippen LogP contribution in [0.2, 0.25) is 0 Å². The van der Waals surface area contributed by atoms with E-state index in [1.54, 1.807) is 0 Å². The fourth-order valence-corrected chi connectivity index (χ4v) is 3.81. The van der Waals surface area contributed by atoms with Crippen molar-refractivity contribution in [2.75, 3.05) is 26.2 Å². The highest BCUT2D eigenvalue weighted by atomic mass is 32.3. The lowest BCUT2D eigenvalue weighted by Gasteiger charge is -2.29. The molecule has 10 nitrogen and oxygen atoms in total. The molecule has 0 unspecified atom stereocenters. The van der Waals surface area contributed by atoms with Gasteiger partial charge in [-0.25, -0.2) is 9.59 Å². The van der Waals surface area contributed by atoms with E-state index in [-0.39, 0.29) is 6.54 Å². The van der Waals surface area contributed by atoms with E-state index < -0.39 is 34.5 Å². The highest BCUT2D eigenvalue weighted by Crippen LogP contribution is 2.31. The molecule has 0 aromatic rings. The van der Waals surface area contributed by atoms with Gasteiger partial charge in [0.05, 0.1) is 12.6 Å². The van der Waals surface area contributed by atoms with Crippen LogP contribution in [0.4, 0.5) is 4.79 Å². The molecule has 0 aliphatic carbocycles. The predicted molar refractivity (Wildman–Crippen MR) is 79.9 cm³/mol. The Bertz CT molecular complexity index is 605. The van der Waals surface area contributed by atoms with Crippen LogP contribution in [0.3, 0.4) is 0 Å². The van der Waals surface area contributed by atoms with Gasteiger partial charge in [0.2, 0.25) is 0 Å². The normalized spacial score (nSPS) is 28.3. The Morgan fingerprint density at radius 3 is 2.62 bits per heavy atom. The number of ether oxygens (including phenoxy) is 1. The molecule has 3 aliphatic heterocycles. The number of piperidine rings is 2. The number of nitrogens with zero attached hydrogens (tertiary/aromatic N) is 2. The minimum atomic E-state index is -4.79. The van der Waals surface area contributed by atoms with Gasteiger partial charge in [-0.05, 0) is 44.7 Å². The van der Waals surface area contributed by atoms with Gasteiger partial charge in [0.1, 0.15) is 6.04 Å². The molecule has 0 radical (unpaired) electrons. The number of hydrogen-bond acceptors (Lipinski definition) is 7. The molecular weight excluding hydrogens is 342 g/mol. The second-order valence-corrected chi connectivity index (χ2v) is 7.34. The first-order chi connectivity index (χ1) is 11.3. The van der Waals surface area contributed by atoms with Crippen molar-refractivity contribution < 1.29 is 31.6 Å². The van der Waals surface area contributed by atoms with Crippen molar-refractivity contribution in [2.24, 2.45) is 5.92 Å². The molecule has 0 saturated carbocycles. The summed E-state index contributed by atoms with van der Waals surface area (Å²) >= 11 is 0. The standard InChI is InChI=1S/C13H21N3O7S/c17-12(22-8-9-3-5-14-6-4-9)11-2-1-10-7-15(11)13(18)16(10)23-24(19,20)21/h9-11,14H,1-8H2,(H,19,20,21)/t10-,11+/m1/s1. The minimum Gasteiger partial charge on any atom is -0.464 e. The van der Waals surface area contributed by atoms with Crippen LogP contribution >= 0.6 is 0 Å². The number of hydroxylamine groups is 2. The molecule has 0 spiro atoms. The van der Waals surface area contributed by atoms with E-state index in [9.17, 15) is 18.0 Å². The molecule has 136 valence electrons. The highest BCUT2D eigenvalue weighted by Gasteiger charge is 2.49. The lowest BCUT2D eigenvalue weighted by Crippen LogP contribution is -2.46. The van der Waals surface area contributed by atoms with Crippen molar-refractivity contribution in [2.45, 2.75) is 37.8 Å². The number of urea groups is 1. The summed E-state index contributed by atoms with van der Waals surface area (Å²) in [5.41, 5.74) is 0. The second kappa shape index (κ2) is 6.82. The molecule has 11 heteroatoms. The largest absolute Gasteiger partial charge is 0.464 e. The quantitative estimate of drug-likeness (QED) is 0.496. The van der Waals surface area contributed by atoms with E-state index in [1.807, 2.05) is 0 Å². The number of carbonyl (C=O) groups is 2. The molecule has 3 heterocycles. The molecule has 3 saturated heterocycles. The van der Waals surface area contributed by atoms with Crippen LogP contribution in [0, 0.1) is 5.92 Å². The van der Waals surface area contributed by atoms with E-state index in [2.05, 4.69) is 9.60 Å². The maximum Gasteiger partial charge on any atom is 0.418 e. The number of nitrogens with one attached hydrogen (secondary N) is 1. The SMILES string of the molecule is O=C(OCC1CCNCC1)[C@@H]1CC[C@@H]2CN1C(=O)N2OS(=O)(=O)O. The molecule has 2 atom stereocenters. The Morgan fingerprint density at radius 1 is 1.25 bits per heavy atom. The number of esters is 1. The van der Waals surface area contributed by atoms with E-state index >= 15 is 0 Å². The Morgan fingerprint density at radius 2 is 1.96 bits per heavy atom. The molecule has 2 N–H and O–H groups in total. The minimum absolute atomic E-state index is 0.168. The third-order valence-electron chi connectivity index (χ3n) is 4.69. The molecule has 2 amide bonds. The van der Waals surface area contributed by atoms with Gasteiger partial charge in [0, 0.05) is 6.54 Å². The molecule has 2 bridgehead atoms. The summed E-state index contributed by atoms with van der Waals surface area (Å²) in [7, 11) is -4.79. The second-order valence-electron chi connectivity index (χ2n) is 6.33. The van der Waals surface area contributed by atoms with Crippen LogP contribution < -0.4 is 5.32 Å². The molecule has 24 heavy (non-hydrogen) atoms. The maximum atomic E-state index is 12.3. The first kappa shape index (κ1) is 17.4. The zero-order chi connectivity index (χ0) is 17.3. The Labute approximate surface area is 140 Å². The fourth-order valence-electron chi connectivity index (χ4n) is 3.42. The highest BCUT2D eigenvalue weighted by molar-refractivity contribution is 7.80. The topological polar surface area (TPSA) is 125 Å². The monoisotopic (exact) mass is 363 g/mol. The van der Waals surface area contributed by atoms with Crippen LogP contribution in [-0.2, 0) is 24.2 Å². The summed E-state index contributed by atoms with van der Waals surface area (Å²) in [5.74, 6) is -0.158. The lowest BCUT2D eigenvalue weighted by molar-refractivity contribution is -0.151. The van der Waals surface area contributed by atoms with E-state index in [1.165, 1.54) is 4.90 Å². The van der Waals surface area contributed by atoms with Gasteiger partial charge in [-0.1, -0.05) is 0 Å². The lowest BCUT2D eigenvalue weighted by atomic mass is 9.99. The molecule has 3 fully saturated rings. The number of carbonyl (C=O) groups excluding carboxylic acids is 2. The van der Waals surface area contributed by atoms with Crippen LogP contribution in [-0.4, -0.2) is 73.3 Å². The molecule has 0 aromatic carbocycles. The van der Waals surface area contributed by atoms with E-state index in [0.717, 1.165) is 25.9 Å². The van der Waals surface area contributed by atoms with Crippen molar-refractivity contribution in [3.8, 4) is 0 Å². The van der Waals surface area contributed by atoms with Crippen LogP contribution in [0.5, 0.6) is 0 Å². The molecule has 0 aromatic heterocycles. The van der Waals surface area contributed by atoms with Gasteiger partial charge >= 0.3 is 22.4 Å². The van der Waals surface area contributed by atoms with Gasteiger partial charge in [0.15, 0.2) is 0 Å². The maximum absolute atomic E-state index is 12.3. The fraction of sp³-hybridized carbons (Fsp3) is 0.846. The van der Waals surface area contributed by atoms with Crippen molar-refractivity contribution >= 4 is 22.4 Å². The van der Waals surface area contributed by atoms with Gasteiger partial charge in [0.25, 0.3) is 0 Å². The average Bonchev–Trinajstić information content (AvgIpc) is 2.77. The van der Waals surface area contributed by atoms with Gasteiger partial charge in [-0.15, -0.1) is 4.28 Å². The van der Waals surface area contributed by atoms with Gasteiger partial charge in [-0.2, -0.15) is 13.5 Å². The molecular formula is C13H21N3O7S. The molecule has 3 aliphatic rings. The Hall–Kier alpha value is -1.43. The first-order valence-electron chi connectivity index (χ1n) is 7.99. The van der Waals surface area contributed by atoms with Crippen molar-refractivity contribution in [1.82, 2.24) is 15.3 Å². The van der Waals surface area contributed by atoms with Crippen molar-refractivity contribution in [1.29, 1.82) is 0 Å². The van der Waals surface area contributed by atoms with Crippen molar-refractivity contribution in [3.05, 3.63) is 0 Å². The van der Waals surface area contributed by atoms with Crippen LogP contribution in [0.25, 0.3) is 0 Å². The smallest absolute Gasteiger partial charge is 0.418 e. The zero-order valence-corrected chi connectivity index (χ0v) is 13.9.